The van der Waals surface area contributed by atoms with E-state index >= 15 is 0 Å². The molecule has 1 aliphatic rings. The van der Waals surface area contributed by atoms with Gasteiger partial charge < -0.3 is 15.2 Å². The van der Waals surface area contributed by atoms with Gasteiger partial charge in [0.05, 0.1) is 0 Å². The fraction of sp³-hybridized carbons (Fsp3) is 0.444. The number of rotatable bonds is 1. The van der Waals surface area contributed by atoms with Crippen LogP contribution in [0.25, 0.3) is 0 Å². The van der Waals surface area contributed by atoms with Gasteiger partial charge in [0.1, 0.15) is 5.15 Å². The number of aromatic amines is 1. The number of fused-ring (bicyclic) bond motifs is 1. The number of nitrogens with one attached hydrogen (secondary N) is 1. The lowest BCUT2D eigenvalue weighted by Crippen LogP contribution is -2.38. The normalized spacial score (nSPS) is 25.9. The maximum absolute atomic E-state index is 10.9. The quantitative estimate of drug-likeness (QED) is 0.661. The Morgan fingerprint density at radius 2 is 2.36 bits per heavy atom. The highest BCUT2D eigenvalue weighted by Crippen LogP contribution is 2.38. The molecule has 0 saturated heterocycles. The number of aromatic nitrogens is 1. The zero-order valence-corrected chi connectivity index (χ0v) is 8.14. The van der Waals surface area contributed by atoms with Crippen LogP contribution in [-0.4, -0.2) is 21.2 Å². The van der Waals surface area contributed by atoms with Crippen LogP contribution in [0.4, 0.5) is 0 Å². The molecule has 1 aromatic heterocycles. The van der Waals surface area contributed by atoms with Crippen molar-refractivity contribution >= 4 is 17.6 Å². The average molecular weight is 216 g/mol. The number of carbonyl (C=O) groups is 1. The van der Waals surface area contributed by atoms with Gasteiger partial charge in [-0.15, -0.1) is 0 Å². The molecule has 1 heterocycles. The van der Waals surface area contributed by atoms with E-state index in [9.17, 15) is 9.90 Å². The van der Waals surface area contributed by atoms with Gasteiger partial charge in [0.2, 0.25) is 0 Å². The summed E-state index contributed by atoms with van der Waals surface area (Å²) in [6.45, 7) is 0. The highest BCUT2D eigenvalue weighted by molar-refractivity contribution is 6.30. The molecule has 0 amide bonds. The molecule has 0 aliphatic heterocycles. The Labute approximate surface area is 85.5 Å². The fourth-order valence-corrected chi connectivity index (χ4v) is 2.17. The van der Waals surface area contributed by atoms with E-state index < -0.39 is 11.6 Å². The molecule has 0 spiro atoms. The van der Waals surface area contributed by atoms with Crippen LogP contribution in [0.3, 0.4) is 0 Å². The minimum atomic E-state index is -1.77. The number of aliphatic carboxylic acids is 1. The third kappa shape index (κ3) is 1.14. The van der Waals surface area contributed by atoms with Crippen molar-refractivity contribution in [1.29, 1.82) is 0 Å². The molecule has 5 heteroatoms. The molecule has 3 N–H and O–H groups in total. The molecule has 1 aliphatic carbocycles. The fourth-order valence-electron chi connectivity index (χ4n) is 1.92. The molecule has 0 fully saturated rings. The monoisotopic (exact) mass is 215 g/mol. The van der Waals surface area contributed by atoms with Crippen molar-refractivity contribution in [2.24, 2.45) is 0 Å². The Morgan fingerprint density at radius 3 is 3.00 bits per heavy atom. The molecule has 1 aromatic rings. The lowest BCUT2D eigenvalue weighted by atomic mass is 9.81. The molecule has 14 heavy (non-hydrogen) atoms. The predicted octanol–water partition coefficient (Wildman–Crippen LogP) is 1.28. The topological polar surface area (TPSA) is 73.3 Å². The average Bonchev–Trinajstić information content (AvgIpc) is 2.50. The van der Waals surface area contributed by atoms with Crippen molar-refractivity contribution in [3.05, 3.63) is 22.5 Å². The van der Waals surface area contributed by atoms with E-state index in [4.69, 9.17) is 16.7 Å². The van der Waals surface area contributed by atoms with Gasteiger partial charge in [-0.25, -0.2) is 4.79 Å². The molecule has 4 nitrogen and oxygen atoms in total. The Balaban J connectivity index is 2.56. The summed E-state index contributed by atoms with van der Waals surface area (Å²) in [6.07, 6.45) is 3.06. The van der Waals surface area contributed by atoms with Crippen molar-refractivity contribution in [2.45, 2.75) is 24.9 Å². The summed E-state index contributed by atoms with van der Waals surface area (Å²) >= 11 is 5.83. The van der Waals surface area contributed by atoms with Crippen LogP contribution in [-0.2, 0) is 16.8 Å². The second-order valence-corrected chi connectivity index (χ2v) is 3.89. The second-order valence-electron chi connectivity index (χ2n) is 3.51. The first-order chi connectivity index (χ1) is 6.55. The number of halogens is 1. The Kier molecular flexibility index (Phi) is 2.05. The SMILES string of the molecule is O=C(O)C1(O)CCCc2c1c[nH]c2Cl. The first-order valence-corrected chi connectivity index (χ1v) is 4.75. The number of H-pyrrole nitrogens is 1. The van der Waals surface area contributed by atoms with Crippen molar-refractivity contribution < 1.29 is 15.0 Å². The summed E-state index contributed by atoms with van der Waals surface area (Å²) in [4.78, 5) is 13.7. The minimum Gasteiger partial charge on any atom is -0.479 e. The van der Waals surface area contributed by atoms with Gasteiger partial charge >= 0.3 is 5.97 Å². The summed E-state index contributed by atoms with van der Waals surface area (Å²) in [5.74, 6) is -1.21. The summed E-state index contributed by atoms with van der Waals surface area (Å²) < 4.78 is 0. The van der Waals surface area contributed by atoms with Crippen LogP contribution >= 0.6 is 11.6 Å². The first-order valence-electron chi connectivity index (χ1n) is 4.37. The predicted molar refractivity (Wildman–Crippen MR) is 50.3 cm³/mol. The van der Waals surface area contributed by atoms with Gasteiger partial charge in [-0.3, -0.25) is 0 Å². The molecule has 76 valence electrons. The molecule has 2 rings (SSSR count). The van der Waals surface area contributed by atoms with E-state index in [0.717, 1.165) is 5.56 Å². The van der Waals surface area contributed by atoms with Crippen LogP contribution in [0.5, 0.6) is 0 Å². The summed E-state index contributed by atoms with van der Waals surface area (Å²) in [7, 11) is 0. The van der Waals surface area contributed by atoms with Crippen LogP contribution in [0, 0.1) is 0 Å². The minimum absolute atomic E-state index is 0.240. The number of aliphatic hydroxyl groups is 1. The van der Waals surface area contributed by atoms with Crippen molar-refractivity contribution in [1.82, 2.24) is 4.98 Å². The number of carboxylic acid groups (broad SMARTS) is 1. The highest BCUT2D eigenvalue weighted by atomic mass is 35.5. The van der Waals surface area contributed by atoms with Crippen molar-refractivity contribution in [2.75, 3.05) is 0 Å². The molecule has 1 atom stereocenters. The van der Waals surface area contributed by atoms with E-state index in [2.05, 4.69) is 4.98 Å². The van der Waals surface area contributed by atoms with Crippen LogP contribution in [0.1, 0.15) is 24.0 Å². The molecule has 0 radical (unpaired) electrons. The van der Waals surface area contributed by atoms with E-state index in [1.54, 1.807) is 0 Å². The zero-order chi connectivity index (χ0) is 10.3. The van der Waals surface area contributed by atoms with Crippen LogP contribution < -0.4 is 0 Å². The molecule has 0 aromatic carbocycles. The van der Waals surface area contributed by atoms with Gasteiger partial charge in [0, 0.05) is 11.8 Å². The van der Waals surface area contributed by atoms with E-state index in [1.807, 2.05) is 0 Å². The number of hydrogen-bond acceptors (Lipinski definition) is 2. The lowest BCUT2D eigenvalue weighted by Gasteiger charge is -2.28. The van der Waals surface area contributed by atoms with Crippen molar-refractivity contribution in [3.63, 3.8) is 0 Å². The second kappa shape index (κ2) is 3.00. The summed E-state index contributed by atoms with van der Waals surface area (Å²) in [5.41, 5.74) is -0.638. The van der Waals surface area contributed by atoms with E-state index in [-0.39, 0.29) is 6.42 Å². The molecule has 1 unspecified atom stereocenters. The Bertz CT molecular complexity index is 387. The van der Waals surface area contributed by atoms with Crippen molar-refractivity contribution in [3.8, 4) is 0 Å². The maximum atomic E-state index is 10.9. The molecular formula is C9H10ClNO3. The van der Waals surface area contributed by atoms with Gasteiger partial charge in [0.25, 0.3) is 0 Å². The smallest absolute Gasteiger partial charge is 0.340 e. The van der Waals surface area contributed by atoms with Gasteiger partial charge in [-0.2, -0.15) is 0 Å². The third-order valence-corrected chi connectivity index (χ3v) is 3.04. The van der Waals surface area contributed by atoms with Gasteiger partial charge in [0.15, 0.2) is 5.60 Å². The zero-order valence-electron chi connectivity index (χ0n) is 7.38. The molecule has 0 saturated carbocycles. The standard InChI is InChI=1S/C9H10ClNO3/c10-7-5-2-1-3-9(14,8(12)13)6(5)4-11-7/h4,11,14H,1-3H2,(H,12,13). The van der Waals surface area contributed by atoms with Gasteiger partial charge in [-0.05, 0) is 24.8 Å². The molecule has 0 bridgehead atoms. The summed E-state index contributed by atoms with van der Waals surface area (Å²) in [5, 5.41) is 19.3. The number of carboxylic acids is 1. The van der Waals surface area contributed by atoms with E-state index in [1.165, 1.54) is 6.20 Å². The van der Waals surface area contributed by atoms with Crippen LogP contribution in [0.15, 0.2) is 6.20 Å². The lowest BCUT2D eigenvalue weighted by molar-refractivity contribution is -0.161. The maximum Gasteiger partial charge on any atom is 0.340 e. The largest absolute Gasteiger partial charge is 0.479 e. The van der Waals surface area contributed by atoms with E-state index in [0.29, 0.717) is 23.6 Å². The molecular weight excluding hydrogens is 206 g/mol. The van der Waals surface area contributed by atoms with Gasteiger partial charge in [-0.1, -0.05) is 11.6 Å². The first kappa shape index (κ1) is 9.55. The Morgan fingerprint density at radius 1 is 1.64 bits per heavy atom. The highest BCUT2D eigenvalue weighted by Gasteiger charge is 2.43. The number of hydrogen-bond donors (Lipinski definition) is 3. The Hall–Kier alpha value is -1.00. The summed E-state index contributed by atoms with van der Waals surface area (Å²) in [6, 6.07) is 0. The van der Waals surface area contributed by atoms with Crippen LogP contribution in [0.2, 0.25) is 5.15 Å². The third-order valence-electron chi connectivity index (χ3n) is 2.70.